The van der Waals surface area contributed by atoms with Crippen molar-refractivity contribution >= 4 is 15.2 Å². The SMILES string of the molecule is COP(=O)(O)C(O)(CCCN)P(=O)(O)OC. The molecule has 0 radical (unpaired) electrons. The molecule has 0 aromatic heterocycles. The number of aliphatic hydroxyl groups is 1. The molecule has 0 aliphatic heterocycles. The van der Waals surface area contributed by atoms with E-state index in [-0.39, 0.29) is 13.0 Å². The van der Waals surface area contributed by atoms with Crippen LogP contribution in [0.25, 0.3) is 0 Å². The smallest absolute Gasteiger partial charge is 0.368 e. The molecule has 10 heteroatoms. The standard InChI is InChI=1S/C6H17NO7P2/c1-13-15(9,10)6(8,4-3-5-7)16(11,12)14-2/h8H,3-5,7H2,1-2H3,(H,9,10)(H,11,12). The van der Waals surface area contributed by atoms with Gasteiger partial charge in [0.1, 0.15) is 0 Å². The Labute approximate surface area is 93.4 Å². The molecular weight excluding hydrogens is 260 g/mol. The fourth-order valence-corrected chi connectivity index (χ4v) is 4.31. The number of rotatable bonds is 7. The van der Waals surface area contributed by atoms with Crippen molar-refractivity contribution in [3.05, 3.63) is 0 Å². The summed E-state index contributed by atoms with van der Waals surface area (Å²) >= 11 is 0. The predicted molar refractivity (Wildman–Crippen MR) is 56.9 cm³/mol. The third-order valence-electron chi connectivity index (χ3n) is 2.12. The van der Waals surface area contributed by atoms with E-state index in [1.54, 1.807) is 0 Å². The highest BCUT2D eigenvalue weighted by Gasteiger charge is 2.60. The van der Waals surface area contributed by atoms with Crippen LogP contribution >= 0.6 is 15.2 Å². The lowest BCUT2D eigenvalue weighted by Gasteiger charge is -2.32. The Balaban J connectivity index is 5.37. The Hall–Kier alpha value is 0.220. The highest BCUT2D eigenvalue weighted by atomic mass is 31.2. The average Bonchev–Trinajstić information content (AvgIpc) is 2.25. The lowest BCUT2D eigenvalue weighted by molar-refractivity contribution is 0.109. The van der Waals surface area contributed by atoms with E-state index in [9.17, 15) is 24.0 Å². The van der Waals surface area contributed by atoms with Crippen molar-refractivity contribution in [1.82, 2.24) is 0 Å². The molecule has 8 nitrogen and oxygen atoms in total. The molecule has 0 aromatic carbocycles. The molecule has 0 saturated carbocycles. The molecule has 0 saturated heterocycles. The lowest BCUT2D eigenvalue weighted by Crippen LogP contribution is -2.30. The van der Waals surface area contributed by atoms with Gasteiger partial charge in [-0.2, -0.15) is 0 Å². The molecule has 0 fully saturated rings. The van der Waals surface area contributed by atoms with E-state index in [0.717, 1.165) is 14.2 Å². The van der Waals surface area contributed by atoms with Gasteiger partial charge in [-0.15, -0.1) is 0 Å². The van der Waals surface area contributed by atoms with Gasteiger partial charge in [0.25, 0.3) is 5.08 Å². The minimum atomic E-state index is -4.70. The summed E-state index contributed by atoms with van der Waals surface area (Å²) in [4.78, 5) is 18.7. The average molecular weight is 277 g/mol. The summed E-state index contributed by atoms with van der Waals surface area (Å²) < 4.78 is 31.5. The molecular formula is C6H17NO7P2. The van der Waals surface area contributed by atoms with Crippen LogP contribution in [0.5, 0.6) is 0 Å². The van der Waals surface area contributed by atoms with E-state index in [4.69, 9.17) is 5.73 Å². The zero-order valence-electron chi connectivity index (χ0n) is 9.07. The van der Waals surface area contributed by atoms with Crippen LogP contribution in [0.2, 0.25) is 0 Å². The first-order chi connectivity index (χ1) is 7.18. The maximum Gasteiger partial charge on any atom is 0.371 e. The maximum absolute atomic E-state index is 11.5. The fourth-order valence-electron chi connectivity index (χ4n) is 1.07. The van der Waals surface area contributed by atoms with E-state index >= 15 is 0 Å². The third kappa shape index (κ3) is 2.91. The van der Waals surface area contributed by atoms with Crippen molar-refractivity contribution < 1.29 is 33.1 Å². The van der Waals surface area contributed by atoms with E-state index in [1.165, 1.54) is 0 Å². The molecule has 0 aromatic rings. The van der Waals surface area contributed by atoms with Gasteiger partial charge in [0.05, 0.1) is 0 Å². The molecule has 98 valence electrons. The molecule has 2 atom stereocenters. The van der Waals surface area contributed by atoms with Crippen molar-refractivity contribution in [2.45, 2.75) is 17.9 Å². The quantitative estimate of drug-likeness (QED) is 0.478. The summed E-state index contributed by atoms with van der Waals surface area (Å²) in [7, 11) is -7.70. The van der Waals surface area contributed by atoms with Gasteiger partial charge in [0, 0.05) is 20.6 Å². The first kappa shape index (κ1) is 16.2. The third-order valence-corrected chi connectivity index (χ3v) is 6.88. The molecule has 0 rings (SSSR count). The van der Waals surface area contributed by atoms with Crippen LogP contribution in [0.4, 0.5) is 0 Å². The van der Waals surface area contributed by atoms with Crippen LogP contribution in [-0.2, 0) is 18.2 Å². The molecule has 2 unspecified atom stereocenters. The monoisotopic (exact) mass is 277 g/mol. The lowest BCUT2D eigenvalue weighted by atomic mass is 10.3. The molecule has 5 N–H and O–H groups in total. The van der Waals surface area contributed by atoms with Crippen molar-refractivity contribution in [3.63, 3.8) is 0 Å². The van der Waals surface area contributed by atoms with Crippen molar-refractivity contribution in [3.8, 4) is 0 Å². The van der Waals surface area contributed by atoms with Crippen molar-refractivity contribution in [1.29, 1.82) is 0 Å². The summed E-state index contributed by atoms with van der Waals surface area (Å²) in [6, 6.07) is 0. The second-order valence-electron chi connectivity index (χ2n) is 3.07. The molecule has 0 heterocycles. The number of nitrogens with two attached hydrogens (primary N) is 1. The first-order valence-corrected chi connectivity index (χ1v) is 7.53. The second-order valence-corrected chi connectivity index (χ2v) is 7.72. The van der Waals surface area contributed by atoms with Crippen LogP contribution in [0, 0.1) is 0 Å². The molecule has 0 aliphatic rings. The highest BCUT2D eigenvalue weighted by molar-refractivity contribution is 7.72. The summed E-state index contributed by atoms with van der Waals surface area (Å²) in [6.45, 7) is 0.0791. The van der Waals surface area contributed by atoms with Crippen LogP contribution < -0.4 is 5.73 Å². The minimum absolute atomic E-state index is 0.0678. The summed E-state index contributed by atoms with van der Waals surface area (Å²) in [5.74, 6) is 0. The summed E-state index contributed by atoms with van der Waals surface area (Å²) in [6.07, 6.45) is -0.412. The summed E-state index contributed by atoms with van der Waals surface area (Å²) in [5.41, 5.74) is 5.17. The molecule has 0 bridgehead atoms. The predicted octanol–water partition coefficient (Wildman–Crippen LogP) is 0.0350. The fraction of sp³-hybridized carbons (Fsp3) is 1.00. The van der Waals surface area contributed by atoms with Crippen LogP contribution in [0.15, 0.2) is 0 Å². The Kier molecular flexibility index (Phi) is 5.79. The van der Waals surface area contributed by atoms with Crippen molar-refractivity contribution in [2.75, 3.05) is 20.8 Å². The Bertz CT molecular complexity index is 296. The molecule has 16 heavy (non-hydrogen) atoms. The number of hydrogen-bond donors (Lipinski definition) is 4. The van der Waals surface area contributed by atoms with Gasteiger partial charge in [-0.1, -0.05) is 0 Å². The van der Waals surface area contributed by atoms with Gasteiger partial charge in [-0.05, 0) is 13.0 Å². The van der Waals surface area contributed by atoms with Gasteiger partial charge >= 0.3 is 15.2 Å². The van der Waals surface area contributed by atoms with Gasteiger partial charge in [0.2, 0.25) is 0 Å². The van der Waals surface area contributed by atoms with E-state index in [0.29, 0.717) is 0 Å². The van der Waals surface area contributed by atoms with Crippen LogP contribution in [-0.4, -0.2) is 40.7 Å². The summed E-state index contributed by atoms with van der Waals surface area (Å²) in [5, 5.41) is 7.01. The zero-order valence-corrected chi connectivity index (χ0v) is 10.9. The Morgan fingerprint density at radius 1 is 1.19 bits per heavy atom. The zero-order chi connectivity index (χ0) is 13.0. The van der Waals surface area contributed by atoms with Gasteiger partial charge in [-0.3, -0.25) is 9.13 Å². The van der Waals surface area contributed by atoms with Gasteiger partial charge < -0.3 is 29.7 Å². The second kappa shape index (κ2) is 5.71. The normalized spacial score (nSPS) is 23.1. The number of hydrogen-bond acceptors (Lipinski definition) is 6. The van der Waals surface area contributed by atoms with E-state index in [2.05, 4.69) is 9.05 Å². The van der Waals surface area contributed by atoms with Gasteiger partial charge in [0.15, 0.2) is 0 Å². The van der Waals surface area contributed by atoms with Crippen LogP contribution in [0.3, 0.4) is 0 Å². The minimum Gasteiger partial charge on any atom is -0.368 e. The van der Waals surface area contributed by atoms with E-state index < -0.39 is 26.7 Å². The largest absolute Gasteiger partial charge is 0.371 e. The maximum atomic E-state index is 11.5. The van der Waals surface area contributed by atoms with Gasteiger partial charge in [-0.25, -0.2) is 0 Å². The molecule has 0 aliphatic carbocycles. The first-order valence-electron chi connectivity index (χ1n) is 4.38. The highest BCUT2D eigenvalue weighted by Crippen LogP contribution is 2.73. The molecule has 0 spiro atoms. The molecule has 0 amide bonds. The van der Waals surface area contributed by atoms with Crippen LogP contribution in [0.1, 0.15) is 12.8 Å². The van der Waals surface area contributed by atoms with E-state index in [1.807, 2.05) is 0 Å². The van der Waals surface area contributed by atoms with Crippen molar-refractivity contribution in [2.24, 2.45) is 5.73 Å². The Morgan fingerprint density at radius 3 is 1.81 bits per heavy atom. The topological polar surface area (TPSA) is 139 Å². The Morgan fingerprint density at radius 2 is 1.56 bits per heavy atom.